The number of hydrogen-bond acceptors (Lipinski definition) is 0. The van der Waals surface area contributed by atoms with Crippen LogP contribution < -0.4 is 18.9 Å². The van der Waals surface area contributed by atoms with Crippen LogP contribution in [0.4, 0.5) is 0 Å². The fourth-order valence-corrected chi connectivity index (χ4v) is 0. The third-order valence-corrected chi connectivity index (χ3v) is 0. The Morgan fingerprint density at radius 1 is 1.29 bits per heavy atom. The van der Waals surface area contributed by atoms with Crippen LogP contribution in [0.3, 0.4) is 0 Å². The van der Waals surface area contributed by atoms with Crippen molar-refractivity contribution in [3.05, 3.63) is 0 Å². The van der Waals surface area contributed by atoms with E-state index < -0.39 is 7.38 Å². The van der Waals surface area contributed by atoms with E-state index in [2.05, 4.69) is 19.6 Å². The van der Waals surface area contributed by atoms with Crippen LogP contribution in [0.1, 0.15) is 5.71 Å². The minimum absolute atomic E-state index is 0. The molecule has 0 rings (SSSR count). The van der Waals surface area contributed by atoms with E-state index >= 15 is 0 Å². The van der Waals surface area contributed by atoms with E-state index in [4.69, 9.17) is 11.1 Å². The zero-order chi connectivity index (χ0) is 4.50. The van der Waals surface area contributed by atoms with Gasteiger partial charge in [0, 0.05) is 0 Å². The largest absolute Gasteiger partial charge is 3.00 e. The molecular formula is C3H13AlClLiSi. The quantitative estimate of drug-likeness (QED) is 0.308. The molecule has 0 aliphatic rings. The van der Waals surface area contributed by atoms with Crippen molar-refractivity contribution in [2.75, 3.05) is 0 Å². The predicted molar refractivity (Wildman–Crippen MR) is 39.4 cm³/mol. The molecule has 0 nitrogen and oxygen atoms in total. The van der Waals surface area contributed by atoms with E-state index in [1.165, 1.54) is 0 Å². The Morgan fingerprint density at radius 2 is 1.29 bits per heavy atom. The van der Waals surface area contributed by atoms with Crippen molar-refractivity contribution in [3.63, 3.8) is 0 Å². The first-order valence-electron chi connectivity index (χ1n) is 1.69. The molecule has 40 valence electrons. The Hall–Kier alpha value is 1.64. The monoisotopic (exact) mass is 146 g/mol. The molecule has 7 heavy (non-hydrogen) atoms. The van der Waals surface area contributed by atoms with Gasteiger partial charge < -0.3 is 5.71 Å². The van der Waals surface area contributed by atoms with E-state index in [0.29, 0.717) is 0 Å². The number of halogens is 1. The summed E-state index contributed by atoms with van der Waals surface area (Å²) in [6.45, 7) is 6.28. The first kappa shape index (κ1) is 15.9. The van der Waals surface area contributed by atoms with E-state index in [0.717, 1.165) is 0 Å². The van der Waals surface area contributed by atoms with Crippen molar-refractivity contribution in [1.82, 2.24) is 0 Å². The third kappa shape index (κ3) is 90.6. The van der Waals surface area contributed by atoms with Crippen molar-refractivity contribution in [3.8, 4) is 0 Å². The fourth-order valence-electron chi connectivity index (χ4n) is 0. The van der Waals surface area contributed by atoms with Gasteiger partial charge in [0.25, 0.3) is 0 Å². The molecule has 0 amide bonds. The van der Waals surface area contributed by atoms with E-state index in [1.807, 2.05) is 0 Å². The molecular weight excluding hydrogens is 133 g/mol. The molecule has 0 fully saturated rings. The second-order valence-electron chi connectivity index (χ2n) is 2.07. The van der Waals surface area contributed by atoms with Gasteiger partial charge in [-0.05, 0) is 0 Å². The second-order valence-corrected chi connectivity index (χ2v) is 9.60. The molecule has 0 aromatic heterocycles. The van der Waals surface area contributed by atoms with Crippen molar-refractivity contribution < 1.29 is 24.6 Å². The molecule has 0 spiro atoms. The van der Waals surface area contributed by atoms with Crippen LogP contribution in [0.25, 0.3) is 0 Å². The molecule has 0 aliphatic heterocycles. The van der Waals surface area contributed by atoms with Gasteiger partial charge in [0.1, 0.15) is 7.38 Å². The molecule has 0 N–H and O–H groups in total. The summed E-state index contributed by atoms with van der Waals surface area (Å²) < 4.78 is 0. The molecule has 0 unspecified atom stereocenters. The smallest absolute Gasteiger partial charge is 1.00 e. The maximum absolute atomic E-state index is 5.67. The van der Waals surface area contributed by atoms with E-state index in [9.17, 15) is 0 Å². The molecule has 0 bridgehead atoms. The SMILES string of the molecule is C[Si](C)(C)Cl.[Al+3].[H-].[H-].[H-].[H-].[Li+]. The topological polar surface area (TPSA) is 0 Å². The Kier molecular flexibility index (Phi) is 13.1. The van der Waals surface area contributed by atoms with Gasteiger partial charge in [0.2, 0.25) is 0 Å². The minimum atomic E-state index is -1.14. The maximum Gasteiger partial charge on any atom is 3.00 e. The zero-order valence-corrected chi connectivity index (χ0v) is 8.37. The van der Waals surface area contributed by atoms with Crippen LogP contribution in [-0.2, 0) is 0 Å². The van der Waals surface area contributed by atoms with Gasteiger partial charge in [-0.3, -0.25) is 0 Å². The summed E-state index contributed by atoms with van der Waals surface area (Å²) in [5, 5.41) is 0. The molecule has 0 saturated carbocycles. The summed E-state index contributed by atoms with van der Waals surface area (Å²) in [6, 6.07) is 0. The summed E-state index contributed by atoms with van der Waals surface area (Å²) in [5.41, 5.74) is 0. The van der Waals surface area contributed by atoms with Crippen LogP contribution in [0.5, 0.6) is 0 Å². The summed E-state index contributed by atoms with van der Waals surface area (Å²) in [7, 11) is -1.14. The van der Waals surface area contributed by atoms with Crippen LogP contribution in [0.2, 0.25) is 19.6 Å². The third-order valence-electron chi connectivity index (χ3n) is 0. The normalized spacial score (nSPS) is 8.57. The fraction of sp³-hybridized carbons (Fsp3) is 1.00. The first-order chi connectivity index (χ1) is 2.00. The van der Waals surface area contributed by atoms with Crippen molar-refractivity contribution >= 4 is 35.8 Å². The van der Waals surface area contributed by atoms with Crippen LogP contribution in [0.15, 0.2) is 0 Å². The molecule has 0 heterocycles. The van der Waals surface area contributed by atoms with Crippen molar-refractivity contribution in [2.45, 2.75) is 19.6 Å². The molecule has 0 atom stereocenters. The first-order valence-corrected chi connectivity index (χ1v) is 6.20. The predicted octanol–water partition coefficient (Wildman–Crippen LogP) is -0.867. The number of hydrogen-bond donors (Lipinski definition) is 0. The van der Waals surface area contributed by atoms with E-state index in [-0.39, 0.29) is 41.9 Å². The van der Waals surface area contributed by atoms with Gasteiger partial charge in [0.05, 0.1) is 0 Å². The van der Waals surface area contributed by atoms with Crippen LogP contribution in [-0.4, -0.2) is 24.7 Å². The van der Waals surface area contributed by atoms with Gasteiger partial charge in [-0.2, -0.15) is 11.1 Å². The second kappa shape index (κ2) is 5.77. The minimum Gasteiger partial charge on any atom is -1.00 e. The van der Waals surface area contributed by atoms with Gasteiger partial charge in [-0.1, -0.05) is 19.6 Å². The molecule has 0 aliphatic carbocycles. The molecule has 0 saturated heterocycles. The number of rotatable bonds is 0. The molecule has 0 radical (unpaired) electrons. The van der Waals surface area contributed by atoms with Gasteiger partial charge in [-0.15, -0.1) is 0 Å². The van der Waals surface area contributed by atoms with Crippen molar-refractivity contribution in [2.24, 2.45) is 0 Å². The standard InChI is InChI=1S/C3H9ClSi.Al.Li.4H/c1-5(2,3)4;;;;;;/h1-3H3;;;;;;/q;+3;+1;4*-1. The van der Waals surface area contributed by atoms with Gasteiger partial charge in [0.15, 0.2) is 0 Å². The van der Waals surface area contributed by atoms with E-state index in [1.54, 1.807) is 0 Å². The Labute approximate surface area is 80.0 Å². The Bertz CT molecular complexity index is 40.8. The van der Waals surface area contributed by atoms with Gasteiger partial charge >= 0.3 is 36.2 Å². The summed E-state index contributed by atoms with van der Waals surface area (Å²) >= 11 is 5.67. The molecule has 4 heteroatoms. The van der Waals surface area contributed by atoms with Gasteiger partial charge in [-0.25, -0.2) is 0 Å². The summed E-state index contributed by atoms with van der Waals surface area (Å²) in [5.74, 6) is 0. The average Bonchev–Trinajstić information content (AvgIpc) is 0.722. The molecule has 0 aromatic rings. The van der Waals surface area contributed by atoms with Crippen LogP contribution >= 0.6 is 11.1 Å². The summed E-state index contributed by atoms with van der Waals surface area (Å²) in [6.07, 6.45) is 0. The Balaban J connectivity index is -0.00000000533. The Morgan fingerprint density at radius 3 is 1.29 bits per heavy atom. The average molecular weight is 147 g/mol. The van der Waals surface area contributed by atoms with Crippen molar-refractivity contribution in [1.29, 1.82) is 0 Å². The molecule has 0 aromatic carbocycles. The van der Waals surface area contributed by atoms with Crippen LogP contribution in [0, 0.1) is 0 Å². The maximum atomic E-state index is 5.67. The zero-order valence-electron chi connectivity index (χ0n) is 9.46. The summed E-state index contributed by atoms with van der Waals surface area (Å²) in [4.78, 5) is 0.